The van der Waals surface area contributed by atoms with Crippen molar-refractivity contribution in [3.8, 4) is 5.75 Å². The first-order valence-electron chi connectivity index (χ1n) is 13.6. The van der Waals surface area contributed by atoms with Crippen LogP contribution in [0.3, 0.4) is 0 Å². The second kappa shape index (κ2) is 14.4. The van der Waals surface area contributed by atoms with Gasteiger partial charge in [0.25, 0.3) is 0 Å². The molecule has 8 heteroatoms. The number of carbonyl (C=O) groups is 2. The van der Waals surface area contributed by atoms with Crippen LogP contribution in [0.1, 0.15) is 56.2 Å². The van der Waals surface area contributed by atoms with E-state index in [-0.39, 0.29) is 55.6 Å². The maximum absolute atomic E-state index is 12.5. The topological polar surface area (TPSA) is 112 Å². The summed E-state index contributed by atoms with van der Waals surface area (Å²) in [6.07, 6.45) is 0.246. The van der Waals surface area contributed by atoms with Gasteiger partial charge in [-0.1, -0.05) is 55.8 Å². The molecule has 0 heterocycles. The minimum Gasteiger partial charge on any atom is -0.491 e. The highest BCUT2D eigenvalue weighted by atomic mass is 16.6. The number of ether oxygens (including phenoxy) is 4. The molecule has 2 atom stereocenters. The van der Waals surface area contributed by atoms with E-state index in [4.69, 9.17) is 18.9 Å². The van der Waals surface area contributed by atoms with E-state index >= 15 is 0 Å². The number of aliphatic hydroxyl groups is 2. The van der Waals surface area contributed by atoms with Crippen molar-refractivity contribution in [2.75, 3.05) is 33.5 Å². The molecule has 0 aromatic heterocycles. The Labute approximate surface area is 231 Å². The Bertz CT molecular complexity index is 1040. The van der Waals surface area contributed by atoms with Gasteiger partial charge in [-0.2, -0.15) is 0 Å². The molecule has 1 aliphatic rings. The highest BCUT2D eigenvalue weighted by Crippen LogP contribution is 2.33. The summed E-state index contributed by atoms with van der Waals surface area (Å²) in [5.41, 5.74) is 3.44. The lowest BCUT2D eigenvalue weighted by atomic mass is 9.78. The number of carbonyl (C=O) groups excluding carboxylic acids is 2. The van der Waals surface area contributed by atoms with Crippen molar-refractivity contribution < 1.29 is 38.7 Å². The SMILES string of the molecule is COCC(O)COC(=O)C1CCC(C(=O)OCC(O)COc2ccc(C(C)(C)c3ccc(C)cc3)cc2)CC1. The molecule has 214 valence electrons. The fourth-order valence-corrected chi connectivity index (χ4v) is 4.74. The predicted molar refractivity (Wildman–Crippen MR) is 146 cm³/mol. The van der Waals surface area contributed by atoms with Crippen molar-refractivity contribution in [1.82, 2.24) is 0 Å². The van der Waals surface area contributed by atoms with Gasteiger partial charge in [-0.3, -0.25) is 9.59 Å². The molecular formula is C31H42O8. The number of aryl methyl sites for hydroxylation is 1. The summed E-state index contributed by atoms with van der Waals surface area (Å²) in [5.74, 6) is -0.721. The summed E-state index contributed by atoms with van der Waals surface area (Å²) in [6, 6.07) is 16.3. The van der Waals surface area contributed by atoms with E-state index in [9.17, 15) is 19.8 Å². The molecule has 0 saturated heterocycles. The maximum Gasteiger partial charge on any atom is 0.309 e. The number of hydrogen-bond acceptors (Lipinski definition) is 8. The molecule has 2 aromatic rings. The zero-order valence-corrected chi connectivity index (χ0v) is 23.4. The molecule has 2 N–H and O–H groups in total. The molecule has 39 heavy (non-hydrogen) atoms. The lowest BCUT2D eigenvalue weighted by molar-refractivity contribution is -0.158. The van der Waals surface area contributed by atoms with Crippen LogP contribution in [0.2, 0.25) is 0 Å². The maximum atomic E-state index is 12.5. The van der Waals surface area contributed by atoms with Gasteiger partial charge in [0.1, 0.15) is 37.8 Å². The third kappa shape index (κ3) is 9.05. The van der Waals surface area contributed by atoms with Crippen molar-refractivity contribution >= 4 is 11.9 Å². The van der Waals surface area contributed by atoms with Crippen LogP contribution < -0.4 is 4.74 Å². The minimum atomic E-state index is -0.956. The quantitative estimate of drug-likeness (QED) is 0.366. The second-order valence-electron chi connectivity index (χ2n) is 10.9. The van der Waals surface area contributed by atoms with Crippen molar-refractivity contribution in [1.29, 1.82) is 0 Å². The molecule has 1 aliphatic carbocycles. The Hall–Kier alpha value is -2.94. The summed E-state index contributed by atoms with van der Waals surface area (Å²) in [6.45, 7) is 6.27. The fraction of sp³-hybridized carbons (Fsp3) is 0.548. The van der Waals surface area contributed by atoms with Crippen LogP contribution in [-0.2, 0) is 29.2 Å². The van der Waals surface area contributed by atoms with E-state index in [1.54, 1.807) is 0 Å². The Balaban J connectivity index is 1.36. The lowest BCUT2D eigenvalue weighted by Crippen LogP contribution is -2.32. The van der Waals surface area contributed by atoms with E-state index in [1.165, 1.54) is 18.2 Å². The van der Waals surface area contributed by atoms with Crippen LogP contribution in [-0.4, -0.2) is 67.9 Å². The Morgan fingerprint density at radius 3 is 1.67 bits per heavy atom. The summed E-state index contributed by atoms with van der Waals surface area (Å²) >= 11 is 0. The smallest absolute Gasteiger partial charge is 0.309 e. The fourth-order valence-electron chi connectivity index (χ4n) is 4.74. The second-order valence-corrected chi connectivity index (χ2v) is 10.9. The number of rotatable bonds is 13. The van der Waals surface area contributed by atoms with E-state index in [0.717, 1.165) is 5.56 Å². The van der Waals surface area contributed by atoms with Gasteiger partial charge in [0.15, 0.2) is 0 Å². The van der Waals surface area contributed by atoms with Crippen LogP contribution in [0, 0.1) is 18.8 Å². The molecule has 0 bridgehead atoms. The van der Waals surface area contributed by atoms with Crippen molar-refractivity contribution in [2.45, 2.75) is 64.1 Å². The average molecular weight is 543 g/mol. The van der Waals surface area contributed by atoms with Gasteiger partial charge in [0.2, 0.25) is 0 Å². The zero-order chi connectivity index (χ0) is 28.4. The summed E-state index contributed by atoms with van der Waals surface area (Å²) in [5, 5.41) is 19.9. The Morgan fingerprint density at radius 1 is 0.769 bits per heavy atom. The van der Waals surface area contributed by atoms with Gasteiger partial charge in [0, 0.05) is 12.5 Å². The highest BCUT2D eigenvalue weighted by molar-refractivity contribution is 5.75. The number of esters is 2. The van der Waals surface area contributed by atoms with E-state index in [1.807, 2.05) is 24.3 Å². The Kier molecular flexibility index (Phi) is 11.3. The van der Waals surface area contributed by atoms with Gasteiger partial charge in [0.05, 0.1) is 18.4 Å². The number of methoxy groups -OCH3 is 1. The van der Waals surface area contributed by atoms with Crippen molar-refractivity contribution in [3.63, 3.8) is 0 Å². The molecule has 8 nitrogen and oxygen atoms in total. The molecule has 1 fully saturated rings. The standard InChI is InChI=1S/C31H42O8/c1-21-5-11-24(12-6-21)31(2,3)25-13-15-28(16-14-25)37-18-27(33)20-39-30(35)23-9-7-22(8-10-23)29(34)38-19-26(32)17-36-4/h5-6,11-16,22-23,26-27,32-33H,7-10,17-20H2,1-4H3. The van der Waals surface area contributed by atoms with E-state index in [2.05, 4.69) is 45.0 Å². The van der Waals surface area contributed by atoms with Crippen LogP contribution in [0.5, 0.6) is 5.75 Å². The first kappa shape index (κ1) is 30.6. The normalized spacial score (nSPS) is 19.1. The minimum absolute atomic E-state index is 0.00147. The van der Waals surface area contributed by atoms with Gasteiger partial charge in [-0.05, 0) is 55.9 Å². The average Bonchev–Trinajstić information content (AvgIpc) is 2.94. The van der Waals surface area contributed by atoms with Gasteiger partial charge < -0.3 is 29.2 Å². The number of benzene rings is 2. The molecule has 2 unspecified atom stereocenters. The van der Waals surface area contributed by atoms with Crippen molar-refractivity contribution in [3.05, 3.63) is 65.2 Å². The van der Waals surface area contributed by atoms with Gasteiger partial charge in [-0.25, -0.2) is 0 Å². The third-order valence-corrected chi connectivity index (χ3v) is 7.38. The predicted octanol–water partition coefficient (Wildman–Crippen LogP) is 3.96. The molecule has 0 radical (unpaired) electrons. The molecule has 0 aliphatic heterocycles. The molecule has 3 rings (SSSR count). The monoisotopic (exact) mass is 542 g/mol. The summed E-state index contributed by atoms with van der Waals surface area (Å²) < 4.78 is 21.0. The van der Waals surface area contributed by atoms with E-state index < -0.39 is 12.2 Å². The molecule has 0 amide bonds. The highest BCUT2D eigenvalue weighted by Gasteiger charge is 2.32. The first-order valence-corrected chi connectivity index (χ1v) is 13.6. The third-order valence-electron chi connectivity index (χ3n) is 7.38. The van der Waals surface area contributed by atoms with Crippen LogP contribution >= 0.6 is 0 Å². The van der Waals surface area contributed by atoms with Crippen LogP contribution in [0.15, 0.2) is 48.5 Å². The lowest BCUT2D eigenvalue weighted by Gasteiger charge is -2.27. The molecule has 1 saturated carbocycles. The largest absolute Gasteiger partial charge is 0.491 e. The Morgan fingerprint density at radius 2 is 1.21 bits per heavy atom. The number of hydrogen-bond donors (Lipinski definition) is 2. The molecular weight excluding hydrogens is 500 g/mol. The molecule has 0 spiro atoms. The van der Waals surface area contributed by atoms with Crippen molar-refractivity contribution in [2.24, 2.45) is 11.8 Å². The summed E-state index contributed by atoms with van der Waals surface area (Å²) in [7, 11) is 1.46. The molecule has 2 aromatic carbocycles. The number of aliphatic hydroxyl groups excluding tert-OH is 2. The first-order chi connectivity index (χ1) is 18.6. The van der Waals surface area contributed by atoms with Gasteiger partial charge >= 0.3 is 11.9 Å². The zero-order valence-electron chi connectivity index (χ0n) is 23.4. The summed E-state index contributed by atoms with van der Waals surface area (Å²) in [4.78, 5) is 24.7. The van der Waals surface area contributed by atoms with Crippen LogP contribution in [0.4, 0.5) is 0 Å². The van der Waals surface area contributed by atoms with Crippen LogP contribution in [0.25, 0.3) is 0 Å². The van der Waals surface area contributed by atoms with E-state index in [0.29, 0.717) is 31.4 Å². The van der Waals surface area contributed by atoms with Gasteiger partial charge in [-0.15, -0.1) is 0 Å².